The fourth-order valence-corrected chi connectivity index (χ4v) is 2.69. The molecule has 0 bridgehead atoms. The third-order valence-electron chi connectivity index (χ3n) is 2.26. The van der Waals surface area contributed by atoms with E-state index in [9.17, 15) is 0 Å². The first-order valence-electron chi connectivity index (χ1n) is 4.43. The minimum Gasteiger partial charge on any atom is -0.396 e. The minimum absolute atomic E-state index is 0.326. The van der Waals surface area contributed by atoms with E-state index in [-0.39, 0.29) is 0 Å². The maximum Gasteiger partial charge on any atom is 0.187 e. The Morgan fingerprint density at radius 2 is 2.08 bits per heavy atom. The summed E-state index contributed by atoms with van der Waals surface area (Å²) >= 11 is 1.72. The standard InChI is InChI=1S/C9H12N2OS/c12-6-7-4-8(5-7)13-9-10-2-1-3-11-9/h1-3,7-8,12H,4-6H2/t7-,8+. The zero-order chi connectivity index (χ0) is 9.10. The molecule has 1 aromatic rings. The van der Waals surface area contributed by atoms with E-state index in [1.54, 1.807) is 24.2 Å². The van der Waals surface area contributed by atoms with Gasteiger partial charge in [0.05, 0.1) is 0 Å². The van der Waals surface area contributed by atoms with Crippen LogP contribution in [0.4, 0.5) is 0 Å². The van der Waals surface area contributed by atoms with Gasteiger partial charge in [-0.25, -0.2) is 9.97 Å². The van der Waals surface area contributed by atoms with Crippen molar-refractivity contribution in [1.82, 2.24) is 9.97 Å². The predicted molar refractivity (Wildman–Crippen MR) is 51.5 cm³/mol. The van der Waals surface area contributed by atoms with Gasteiger partial charge in [0.1, 0.15) is 0 Å². The lowest BCUT2D eigenvalue weighted by Gasteiger charge is -2.32. The second-order valence-corrected chi connectivity index (χ2v) is 4.56. The summed E-state index contributed by atoms with van der Waals surface area (Å²) in [4.78, 5) is 8.28. The van der Waals surface area contributed by atoms with E-state index in [0.717, 1.165) is 18.0 Å². The zero-order valence-corrected chi connectivity index (χ0v) is 8.07. The summed E-state index contributed by atoms with van der Waals surface area (Å²) in [7, 11) is 0. The number of aliphatic hydroxyl groups excluding tert-OH is 1. The number of rotatable bonds is 3. The van der Waals surface area contributed by atoms with Crippen LogP contribution in [-0.4, -0.2) is 26.9 Å². The van der Waals surface area contributed by atoms with Crippen LogP contribution >= 0.6 is 11.8 Å². The summed E-state index contributed by atoms with van der Waals surface area (Å²) < 4.78 is 0. The molecule has 0 spiro atoms. The van der Waals surface area contributed by atoms with Gasteiger partial charge in [-0.3, -0.25) is 0 Å². The van der Waals surface area contributed by atoms with Crippen LogP contribution in [0.3, 0.4) is 0 Å². The Morgan fingerprint density at radius 1 is 1.38 bits per heavy atom. The SMILES string of the molecule is OC[C@H]1C[C@@H](Sc2ncccn2)C1. The molecule has 1 fully saturated rings. The molecule has 3 nitrogen and oxygen atoms in total. The van der Waals surface area contributed by atoms with Crippen molar-refractivity contribution in [1.29, 1.82) is 0 Å². The molecule has 0 amide bonds. The van der Waals surface area contributed by atoms with Crippen molar-refractivity contribution in [2.75, 3.05) is 6.61 Å². The highest BCUT2D eigenvalue weighted by Crippen LogP contribution is 2.38. The molecule has 1 heterocycles. The lowest BCUT2D eigenvalue weighted by atomic mass is 9.86. The molecule has 0 aliphatic heterocycles. The highest BCUT2D eigenvalue weighted by atomic mass is 32.2. The van der Waals surface area contributed by atoms with E-state index in [1.807, 2.05) is 6.07 Å². The molecule has 1 saturated carbocycles. The van der Waals surface area contributed by atoms with Crippen molar-refractivity contribution in [3.63, 3.8) is 0 Å². The summed E-state index contributed by atoms with van der Waals surface area (Å²) in [6, 6.07) is 1.82. The van der Waals surface area contributed by atoms with Crippen molar-refractivity contribution >= 4 is 11.8 Å². The summed E-state index contributed by atoms with van der Waals surface area (Å²) in [6.45, 7) is 0.326. The molecule has 13 heavy (non-hydrogen) atoms. The van der Waals surface area contributed by atoms with Crippen molar-refractivity contribution in [3.05, 3.63) is 18.5 Å². The van der Waals surface area contributed by atoms with Crippen LogP contribution in [0.2, 0.25) is 0 Å². The lowest BCUT2D eigenvalue weighted by molar-refractivity contribution is 0.168. The molecule has 1 aliphatic carbocycles. The molecule has 4 heteroatoms. The molecule has 1 aliphatic rings. The maximum absolute atomic E-state index is 8.83. The highest BCUT2D eigenvalue weighted by Gasteiger charge is 2.29. The van der Waals surface area contributed by atoms with Gasteiger partial charge < -0.3 is 5.11 Å². The highest BCUT2D eigenvalue weighted by molar-refractivity contribution is 7.99. The Balaban J connectivity index is 1.81. The third kappa shape index (κ3) is 2.19. The average Bonchev–Trinajstić information content (AvgIpc) is 2.12. The number of thioether (sulfide) groups is 1. The number of aliphatic hydroxyl groups is 1. The second kappa shape index (κ2) is 4.07. The van der Waals surface area contributed by atoms with E-state index in [2.05, 4.69) is 9.97 Å². The normalized spacial score (nSPS) is 26.8. The monoisotopic (exact) mass is 196 g/mol. The molecule has 2 rings (SSSR count). The first-order chi connectivity index (χ1) is 6.38. The van der Waals surface area contributed by atoms with E-state index in [4.69, 9.17) is 5.11 Å². The summed E-state index contributed by atoms with van der Waals surface area (Å²) in [6.07, 6.45) is 5.72. The van der Waals surface area contributed by atoms with Gasteiger partial charge in [0.25, 0.3) is 0 Å². The van der Waals surface area contributed by atoms with Crippen LogP contribution < -0.4 is 0 Å². The molecule has 0 aromatic carbocycles. The lowest BCUT2D eigenvalue weighted by Crippen LogP contribution is -2.28. The first kappa shape index (κ1) is 8.97. The smallest absolute Gasteiger partial charge is 0.187 e. The Labute approximate surface area is 81.6 Å². The number of hydrogen-bond donors (Lipinski definition) is 1. The van der Waals surface area contributed by atoms with E-state index < -0.39 is 0 Å². The molecule has 0 radical (unpaired) electrons. The number of nitrogens with zero attached hydrogens (tertiary/aromatic N) is 2. The van der Waals surface area contributed by atoms with Gasteiger partial charge in [-0.15, -0.1) is 0 Å². The van der Waals surface area contributed by atoms with E-state index in [1.165, 1.54) is 0 Å². The van der Waals surface area contributed by atoms with Gasteiger partial charge >= 0.3 is 0 Å². The van der Waals surface area contributed by atoms with E-state index >= 15 is 0 Å². The van der Waals surface area contributed by atoms with Crippen LogP contribution in [0.5, 0.6) is 0 Å². The summed E-state index contributed by atoms with van der Waals surface area (Å²) in [5, 5.41) is 10.3. The van der Waals surface area contributed by atoms with Crippen LogP contribution in [-0.2, 0) is 0 Å². The topological polar surface area (TPSA) is 46.0 Å². The van der Waals surface area contributed by atoms with Gasteiger partial charge in [0, 0.05) is 24.3 Å². The quantitative estimate of drug-likeness (QED) is 0.741. The largest absolute Gasteiger partial charge is 0.396 e. The molecular weight excluding hydrogens is 184 g/mol. The average molecular weight is 196 g/mol. The molecule has 0 unspecified atom stereocenters. The van der Waals surface area contributed by atoms with Crippen molar-refractivity contribution in [2.24, 2.45) is 5.92 Å². The molecule has 70 valence electrons. The minimum atomic E-state index is 0.326. The molecule has 1 aromatic heterocycles. The molecular formula is C9H12N2OS. The zero-order valence-electron chi connectivity index (χ0n) is 7.26. The summed E-state index contributed by atoms with van der Waals surface area (Å²) in [5.41, 5.74) is 0. The second-order valence-electron chi connectivity index (χ2n) is 3.29. The van der Waals surface area contributed by atoms with Crippen LogP contribution in [0.15, 0.2) is 23.6 Å². The van der Waals surface area contributed by atoms with Gasteiger partial charge in [0.2, 0.25) is 0 Å². The maximum atomic E-state index is 8.83. The van der Waals surface area contributed by atoms with E-state index in [0.29, 0.717) is 17.8 Å². The van der Waals surface area contributed by atoms with Crippen LogP contribution in [0.1, 0.15) is 12.8 Å². The first-order valence-corrected chi connectivity index (χ1v) is 5.31. The molecule has 1 N–H and O–H groups in total. The van der Waals surface area contributed by atoms with Gasteiger partial charge in [0.15, 0.2) is 5.16 Å². The van der Waals surface area contributed by atoms with Gasteiger partial charge in [-0.05, 0) is 24.8 Å². The fourth-order valence-electron chi connectivity index (χ4n) is 1.42. The Bertz CT molecular complexity index is 262. The van der Waals surface area contributed by atoms with Crippen molar-refractivity contribution < 1.29 is 5.11 Å². The fraction of sp³-hybridized carbons (Fsp3) is 0.556. The Kier molecular flexibility index (Phi) is 2.80. The van der Waals surface area contributed by atoms with Gasteiger partial charge in [-0.1, -0.05) is 11.8 Å². The molecule has 0 saturated heterocycles. The molecule has 0 atom stereocenters. The van der Waals surface area contributed by atoms with Crippen LogP contribution in [0.25, 0.3) is 0 Å². The Hall–Kier alpha value is -0.610. The van der Waals surface area contributed by atoms with Crippen molar-refractivity contribution in [3.8, 4) is 0 Å². The number of aromatic nitrogens is 2. The third-order valence-corrected chi connectivity index (χ3v) is 3.40. The summed E-state index contributed by atoms with van der Waals surface area (Å²) in [5.74, 6) is 0.515. The number of hydrogen-bond acceptors (Lipinski definition) is 4. The van der Waals surface area contributed by atoms with Crippen molar-refractivity contribution in [2.45, 2.75) is 23.2 Å². The predicted octanol–water partition coefficient (Wildman–Crippen LogP) is 1.34. The van der Waals surface area contributed by atoms with Crippen LogP contribution in [0, 0.1) is 5.92 Å². The Morgan fingerprint density at radius 3 is 2.69 bits per heavy atom. The van der Waals surface area contributed by atoms with Gasteiger partial charge in [-0.2, -0.15) is 0 Å².